The van der Waals surface area contributed by atoms with Crippen molar-refractivity contribution in [1.82, 2.24) is 0 Å². The molecule has 0 aliphatic carbocycles. The molecular weight excluding hydrogens is 288 g/mol. The lowest BCUT2D eigenvalue weighted by Crippen LogP contribution is -2.06. The van der Waals surface area contributed by atoms with Gasteiger partial charge in [-0.1, -0.05) is 0 Å². The van der Waals surface area contributed by atoms with E-state index in [1.807, 2.05) is 0 Å². The summed E-state index contributed by atoms with van der Waals surface area (Å²) in [4.78, 5) is 23.2. The molecule has 0 N–H and O–H groups in total. The molecule has 0 amide bonds. The summed E-state index contributed by atoms with van der Waals surface area (Å²) >= 11 is 0. The summed E-state index contributed by atoms with van der Waals surface area (Å²) in [7, 11) is 4.26. The van der Waals surface area contributed by atoms with E-state index in [1.165, 1.54) is 34.3 Å². The van der Waals surface area contributed by atoms with Crippen LogP contribution in [0.15, 0.2) is 24.3 Å². The largest absolute Gasteiger partial charge is 0.493 e. The van der Waals surface area contributed by atoms with Crippen molar-refractivity contribution in [3.05, 3.63) is 29.8 Å². The number of hydrogen-bond donors (Lipinski definition) is 0. The Morgan fingerprint density at radius 2 is 1.59 bits per heavy atom. The number of benzene rings is 2. The first kappa shape index (κ1) is 15.6. The van der Waals surface area contributed by atoms with E-state index in [0.717, 1.165) is 0 Å². The molecule has 0 fully saturated rings. The topological polar surface area (TPSA) is 71.1 Å². The molecule has 0 aromatic heterocycles. The normalized spacial score (nSPS) is 10.2. The predicted molar refractivity (Wildman–Crippen MR) is 79.7 cm³/mol. The van der Waals surface area contributed by atoms with Crippen molar-refractivity contribution < 1.29 is 28.5 Å². The molecule has 2 rings (SSSR count). The zero-order valence-electron chi connectivity index (χ0n) is 12.8. The Morgan fingerprint density at radius 1 is 0.909 bits per heavy atom. The quantitative estimate of drug-likeness (QED) is 0.638. The van der Waals surface area contributed by atoms with Crippen molar-refractivity contribution >= 4 is 22.7 Å². The number of hydrogen-bond acceptors (Lipinski definition) is 6. The third-order valence-corrected chi connectivity index (χ3v) is 3.14. The van der Waals surface area contributed by atoms with Crippen LogP contribution in [0.4, 0.5) is 0 Å². The second kappa shape index (κ2) is 6.34. The summed E-state index contributed by atoms with van der Waals surface area (Å²) < 4.78 is 20.6. The first-order valence-corrected chi connectivity index (χ1v) is 6.47. The molecule has 6 heteroatoms. The molecule has 0 radical (unpaired) electrons. The van der Waals surface area contributed by atoms with Gasteiger partial charge in [-0.25, -0.2) is 4.79 Å². The summed E-state index contributed by atoms with van der Waals surface area (Å²) in [5.41, 5.74) is 0.296. The molecule has 6 nitrogen and oxygen atoms in total. The van der Waals surface area contributed by atoms with Crippen LogP contribution in [0.1, 0.15) is 17.3 Å². The van der Waals surface area contributed by atoms with Crippen LogP contribution >= 0.6 is 0 Å². The second-order valence-electron chi connectivity index (χ2n) is 4.42. The Morgan fingerprint density at radius 3 is 2.14 bits per heavy atom. The highest BCUT2D eigenvalue weighted by Crippen LogP contribution is 2.41. The van der Waals surface area contributed by atoms with Gasteiger partial charge in [-0.15, -0.1) is 0 Å². The average molecular weight is 304 g/mol. The van der Waals surface area contributed by atoms with E-state index >= 15 is 0 Å². The predicted octanol–water partition coefficient (Wildman–Crippen LogP) is 2.57. The van der Waals surface area contributed by atoms with Gasteiger partial charge in [-0.3, -0.25) is 4.79 Å². The lowest BCUT2D eigenvalue weighted by atomic mass is 10.0. The van der Waals surface area contributed by atoms with Gasteiger partial charge in [0, 0.05) is 17.7 Å². The Balaban J connectivity index is 2.86. The number of carbonyl (C=O) groups is 2. The van der Waals surface area contributed by atoms with E-state index in [2.05, 4.69) is 0 Å². The molecule has 0 aliphatic rings. The van der Waals surface area contributed by atoms with Gasteiger partial charge >= 0.3 is 11.9 Å². The monoisotopic (exact) mass is 304 g/mol. The Labute approximate surface area is 127 Å². The maximum atomic E-state index is 12.0. The molecule has 0 heterocycles. The Bertz CT molecular complexity index is 735. The van der Waals surface area contributed by atoms with E-state index in [-0.39, 0.29) is 0 Å². The number of esters is 2. The molecule has 0 atom stereocenters. The molecule has 22 heavy (non-hydrogen) atoms. The molecule has 116 valence electrons. The van der Waals surface area contributed by atoms with Crippen LogP contribution in [-0.4, -0.2) is 33.3 Å². The average Bonchev–Trinajstić information content (AvgIpc) is 2.52. The SMILES string of the molecule is COC(=O)c1ccc(OC(C)=O)c2ccc(OC)c(OC)c12. The van der Waals surface area contributed by atoms with Crippen molar-refractivity contribution in [3.8, 4) is 17.2 Å². The highest BCUT2D eigenvalue weighted by Gasteiger charge is 2.20. The van der Waals surface area contributed by atoms with Gasteiger partial charge < -0.3 is 18.9 Å². The molecule has 0 spiro atoms. The summed E-state index contributed by atoms with van der Waals surface area (Å²) in [5.74, 6) is 0.179. The molecule has 2 aromatic rings. The third-order valence-electron chi connectivity index (χ3n) is 3.14. The van der Waals surface area contributed by atoms with Crippen molar-refractivity contribution in [3.63, 3.8) is 0 Å². The maximum absolute atomic E-state index is 12.0. The minimum atomic E-state index is -0.522. The van der Waals surface area contributed by atoms with Gasteiger partial charge in [0.25, 0.3) is 0 Å². The summed E-state index contributed by atoms with van der Waals surface area (Å²) in [6, 6.07) is 6.44. The van der Waals surface area contributed by atoms with Gasteiger partial charge in [0.2, 0.25) is 0 Å². The van der Waals surface area contributed by atoms with Crippen LogP contribution < -0.4 is 14.2 Å². The minimum Gasteiger partial charge on any atom is -0.493 e. The third kappa shape index (κ3) is 2.67. The molecule has 0 bridgehead atoms. The van der Waals surface area contributed by atoms with E-state index in [9.17, 15) is 9.59 Å². The van der Waals surface area contributed by atoms with Gasteiger partial charge in [0.15, 0.2) is 11.5 Å². The smallest absolute Gasteiger partial charge is 0.338 e. The van der Waals surface area contributed by atoms with Crippen molar-refractivity contribution in [2.24, 2.45) is 0 Å². The number of rotatable bonds is 4. The summed E-state index contributed by atoms with van der Waals surface area (Å²) in [6.07, 6.45) is 0. The molecule has 0 aliphatic heterocycles. The number of ether oxygens (including phenoxy) is 4. The van der Waals surface area contributed by atoms with E-state index in [0.29, 0.717) is 33.6 Å². The van der Waals surface area contributed by atoms with E-state index < -0.39 is 11.9 Å². The fraction of sp³-hybridized carbons (Fsp3) is 0.250. The molecule has 0 unspecified atom stereocenters. The van der Waals surface area contributed by atoms with Crippen LogP contribution in [0.2, 0.25) is 0 Å². The van der Waals surface area contributed by atoms with Crippen molar-refractivity contribution in [2.75, 3.05) is 21.3 Å². The van der Waals surface area contributed by atoms with Gasteiger partial charge in [0.1, 0.15) is 5.75 Å². The van der Waals surface area contributed by atoms with Crippen LogP contribution in [0.5, 0.6) is 17.2 Å². The first-order valence-electron chi connectivity index (χ1n) is 6.47. The highest BCUT2D eigenvalue weighted by molar-refractivity contribution is 6.10. The van der Waals surface area contributed by atoms with Gasteiger partial charge in [-0.2, -0.15) is 0 Å². The molecule has 0 saturated carbocycles. The zero-order valence-corrected chi connectivity index (χ0v) is 12.8. The summed E-state index contributed by atoms with van der Waals surface area (Å²) in [6.45, 7) is 1.31. The molecule has 2 aromatic carbocycles. The number of carbonyl (C=O) groups excluding carboxylic acids is 2. The number of methoxy groups -OCH3 is 3. The fourth-order valence-corrected chi connectivity index (χ4v) is 2.26. The zero-order chi connectivity index (χ0) is 16.3. The summed E-state index contributed by atoms with van der Waals surface area (Å²) in [5, 5.41) is 1.02. The molecule has 0 saturated heterocycles. The van der Waals surface area contributed by atoms with Crippen molar-refractivity contribution in [1.29, 1.82) is 0 Å². The molecular formula is C16H16O6. The van der Waals surface area contributed by atoms with Crippen LogP contribution in [0, 0.1) is 0 Å². The lowest BCUT2D eigenvalue weighted by molar-refractivity contribution is -0.131. The maximum Gasteiger partial charge on any atom is 0.338 e. The lowest BCUT2D eigenvalue weighted by Gasteiger charge is -2.15. The second-order valence-corrected chi connectivity index (χ2v) is 4.42. The first-order chi connectivity index (χ1) is 10.5. The standard InChI is InChI=1S/C16H16O6/c1-9(17)22-12-7-6-11(16(18)21-4)14-10(12)5-8-13(19-2)15(14)20-3/h5-8H,1-4H3. The Hall–Kier alpha value is -2.76. The van der Waals surface area contributed by atoms with Crippen molar-refractivity contribution in [2.45, 2.75) is 6.92 Å². The van der Waals surface area contributed by atoms with Gasteiger partial charge in [-0.05, 0) is 24.3 Å². The van der Waals surface area contributed by atoms with Crippen LogP contribution in [-0.2, 0) is 9.53 Å². The highest BCUT2D eigenvalue weighted by atomic mass is 16.5. The van der Waals surface area contributed by atoms with Crippen LogP contribution in [0.25, 0.3) is 10.8 Å². The minimum absolute atomic E-state index is 0.296. The van der Waals surface area contributed by atoms with Gasteiger partial charge in [0.05, 0.1) is 26.9 Å². The van der Waals surface area contributed by atoms with Crippen LogP contribution in [0.3, 0.4) is 0 Å². The fourth-order valence-electron chi connectivity index (χ4n) is 2.26. The number of fused-ring (bicyclic) bond motifs is 1. The van der Waals surface area contributed by atoms with E-state index in [1.54, 1.807) is 18.2 Å². The van der Waals surface area contributed by atoms with E-state index in [4.69, 9.17) is 18.9 Å². The Kier molecular flexibility index (Phi) is 4.50.